The van der Waals surface area contributed by atoms with Crippen molar-refractivity contribution in [2.24, 2.45) is 4.99 Å². The number of piperazine rings is 1. The third kappa shape index (κ3) is 4.67. The highest BCUT2D eigenvalue weighted by atomic mass is 19.1. The number of carbonyl (C=O) groups excluding carboxylic acids is 1. The molecule has 3 rings (SSSR count). The van der Waals surface area contributed by atoms with Gasteiger partial charge >= 0.3 is 5.97 Å². The Labute approximate surface area is 167 Å². The number of nitrogens with zero attached hydrogens (tertiary/aromatic N) is 3. The number of aryl methyl sites for hydroxylation is 1. The molecule has 0 aliphatic carbocycles. The van der Waals surface area contributed by atoms with Gasteiger partial charge in [-0.05, 0) is 25.1 Å². The van der Waals surface area contributed by atoms with Gasteiger partial charge in [-0.3, -0.25) is 4.99 Å². The van der Waals surface area contributed by atoms with Crippen molar-refractivity contribution in [3.63, 3.8) is 0 Å². The number of rotatable bonds is 4. The van der Waals surface area contributed by atoms with Crippen LogP contribution in [0.4, 0.5) is 14.5 Å². The first-order valence-corrected chi connectivity index (χ1v) is 9.26. The normalized spacial score (nSPS) is 14.9. The van der Waals surface area contributed by atoms with E-state index in [4.69, 9.17) is 9.15 Å². The van der Waals surface area contributed by atoms with Crippen molar-refractivity contribution in [1.29, 1.82) is 0 Å². The number of methoxy groups -OCH3 is 1. The predicted molar refractivity (Wildman–Crippen MR) is 105 cm³/mol. The maximum Gasteiger partial charge on any atom is 0.341 e. The molecule has 1 aromatic heterocycles. The van der Waals surface area contributed by atoms with Gasteiger partial charge in [-0.15, -0.1) is 0 Å². The fraction of sp³-hybridized carbons (Fsp3) is 0.400. The van der Waals surface area contributed by atoms with E-state index in [1.807, 2.05) is 9.80 Å². The van der Waals surface area contributed by atoms with Crippen LogP contribution < -0.4 is 10.2 Å². The Morgan fingerprint density at radius 2 is 1.97 bits per heavy atom. The topological polar surface area (TPSA) is 70.3 Å². The van der Waals surface area contributed by atoms with Crippen molar-refractivity contribution in [3.05, 3.63) is 53.0 Å². The lowest BCUT2D eigenvalue weighted by molar-refractivity contribution is 0.0599. The van der Waals surface area contributed by atoms with E-state index in [0.717, 1.165) is 12.1 Å². The molecular weight excluding hydrogens is 382 g/mol. The summed E-state index contributed by atoms with van der Waals surface area (Å²) in [6, 6.07) is 5.12. The van der Waals surface area contributed by atoms with Crippen molar-refractivity contribution >= 4 is 17.6 Å². The van der Waals surface area contributed by atoms with E-state index < -0.39 is 17.6 Å². The maximum absolute atomic E-state index is 14.0. The third-order valence-electron chi connectivity index (χ3n) is 4.83. The minimum atomic E-state index is -0.457. The summed E-state index contributed by atoms with van der Waals surface area (Å²) in [6.45, 7) is 4.32. The van der Waals surface area contributed by atoms with Crippen LogP contribution in [0.3, 0.4) is 0 Å². The van der Waals surface area contributed by atoms with Gasteiger partial charge in [0.15, 0.2) is 5.96 Å². The maximum atomic E-state index is 14.0. The number of benzene rings is 1. The van der Waals surface area contributed by atoms with Crippen molar-refractivity contribution < 1.29 is 22.7 Å². The second kappa shape index (κ2) is 8.93. The predicted octanol–water partition coefficient (Wildman–Crippen LogP) is 2.55. The highest BCUT2D eigenvalue weighted by Gasteiger charge is 2.22. The fourth-order valence-corrected chi connectivity index (χ4v) is 3.33. The molecule has 0 saturated carbocycles. The molecule has 29 heavy (non-hydrogen) atoms. The van der Waals surface area contributed by atoms with Crippen LogP contribution in [-0.4, -0.2) is 57.2 Å². The van der Waals surface area contributed by atoms with Gasteiger partial charge in [0.25, 0.3) is 0 Å². The Bertz CT molecular complexity index is 905. The van der Waals surface area contributed by atoms with Gasteiger partial charge in [-0.1, -0.05) is 0 Å². The minimum absolute atomic E-state index is 0.272. The lowest BCUT2D eigenvalue weighted by atomic mass is 10.2. The van der Waals surface area contributed by atoms with Crippen LogP contribution in [0.15, 0.2) is 33.7 Å². The molecule has 2 heterocycles. The summed E-state index contributed by atoms with van der Waals surface area (Å²) in [5, 5.41) is 3.21. The van der Waals surface area contributed by atoms with Crippen molar-refractivity contribution in [2.45, 2.75) is 13.5 Å². The van der Waals surface area contributed by atoms with Crippen LogP contribution in [-0.2, 0) is 11.3 Å². The molecule has 1 saturated heterocycles. The number of hydrogen-bond donors (Lipinski definition) is 1. The average Bonchev–Trinajstić information content (AvgIpc) is 3.10. The van der Waals surface area contributed by atoms with Crippen molar-refractivity contribution in [3.8, 4) is 0 Å². The van der Waals surface area contributed by atoms with E-state index in [9.17, 15) is 13.6 Å². The molecule has 0 amide bonds. The van der Waals surface area contributed by atoms with E-state index in [1.54, 1.807) is 20.0 Å². The molecule has 9 heteroatoms. The van der Waals surface area contributed by atoms with Gasteiger partial charge in [0.1, 0.15) is 28.7 Å². The van der Waals surface area contributed by atoms with Crippen LogP contribution in [0.1, 0.15) is 21.9 Å². The first-order chi connectivity index (χ1) is 13.9. The van der Waals surface area contributed by atoms with E-state index in [2.05, 4.69) is 10.3 Å². The van der Waals surface area contributed by atoms with E-state index >= 15 is 0 Å². The second-order valence-electron chi connectivity index (χ2n) is 6.64. The number of hydrogen-bond acceptors (Lipinski definition) is 5. The monoisotopic (exact) mass is 406 g/mol. The Hall–Kier alpha value is -3.10. The van der Waals surface area contributed by atoms with Crippen molar-refractivity contribution in [1.82, 2.24) is 10.2 Å². The summed E-state index contributed by atoms with van der Waals surface area (Å²) in [4.78, 5) is 19.8. The molecule has 1 aromatic carbocycles. The molecule has 156 valence electrons. The quantitative estimate of drug-likeness (QED) is 0.478. The van der Waals surface area contributed by atoms with Gasteiger partial charge < -0.3 is 24.3 Å². The summed E-state index contributed by atoms with van der Waals surface area (Å²) >= 11 is 0. The third-order valence-corrected chi connectivity index (χ3v) is 4.83. The Balaban J connectivity index is 1.58. The molecule has 7 nitrogen and oxygen atoms in total. The van der Waals surface area contributed by atoms with Gasteiger partial charge in [0.05, 0.1) is 19.3 Å². The highest BCUT2D eigenvalue weighted by molar-refractivity contribution is 5.90. The summed E-state index contributed by atoms with van der Waals surface area (Å²) in [5.74, 6) is 0.415. The van der Waals surface area contributed by atoms with Gasteiger partial charge in [-0.25, -0.2) is 13.6 Å². The summed E-state index contributed by atoms with van der Waals surface area (Å²) in [6.07, 6.45) is 0. The molecule has 0 bridgehead atoms. The molecule has 1 fully saturated rings. The second-order valence-corrected chi connectivity index (χ2v) is 6.64. The van der Waals surface area contributed by atoms with Gasteiger partial charge in [0.2, 0.25) is 0 Å². The first-order valence-electron chi connectivity index (χ1n) is 9.26. The molecule has 0 radical (unpaired) electrons. The van der Waals surface area contributed by atoms with Crippen LogP contribution in [0.5, 0.6) is 0 Å². The number of halogens is 2. The highest BCUT2D eigenvalue weighted by Crippen LogP contribution is 2.22. The number of carbonyl (C=O) groups is 1. The van der Waals surface area contributed by atoms with Gasteiger partial charge in [0, 0.05) is 39.3 Å². The molecule has 0 spiro atoms. The Morgan fingerprint density at radius 1 is 1.24 bits per heavy atom. The number of ether oxygens (including phenoxy) is 1. The number of furan rings is 1. The van der Waals surface area contributed by atoms with Crippen molar-refractivity contribution in [2.75, 3.05) is 45.2 Å². The molecule has 1 aliphatic heterocycles. The number of esters is 1. The van der Waals surface area contributed by atoms with E-state index in [1.165, 1.54) is 13.2 Å². The smallest absolute Gasteiger partial charge is 0.341 e. The van der Waals surface area contributed by atoms with Crippen LogP contribution in [0, 0.1) is 18.6 Å². The standard InChI is InChI=1S/C20H24F2N4O3/c1-13-16(19(27)28-3)11-15(29-13)12-24-20(23-2)26-8-6-25(7-9-26)18-10-14(21)4-5-17(18)22/h4-5,10-11H,6-9,12H2,1-3H3,(H,23,24). The molecule has 1 aliphatic rings. The van der Waals surface area contributed by atoms with E-state index in [-0.39, 0.29) is 5.69 Å². The largest absolute Gasteiger partial charge is 0.465 e. The summed E-state index contributed by atoms with van der Waals surface area (Å²) < 4.78 is 37.8. The number of anilines is 1. The zero-order chi connectivity index (χ0) is 21.0. The van der Waals surface area contributed by atoms with Crippen LogP contribution in [0.25, 0.3) is 0 Å². The summed E-state index contributed by atoms with van der Waals surface area (Å²) in [7, 11) is 3.00. The Kier molecular flexibility index (Phi) is 6.36. The molecular formula is C20H24F2N4O3. The van der Waals surface area contributed by atoms with E-state index in [0.29, 0.717) is 55.8 Å². The average molecular weight is 406 g/mol. The van der Waals surface area contributed by atoms with Crippen LogP contribution in [0.2, 0.25) is 0 Å². The number of aliphatic imine (C=N–C) groups is 1. The van der Waals surface area contributed by atoms with Crippen LogP contribution >= 0.6 is 0 Å². The first kappa shape index (κ1) is 20.6. The summed E-state index contributed by atoms with van der Waals surface area (Å²) in [5.41, 5.74) is 0.666. The Morgan fingerprint density at radius 3 is 2.62 bits per heavy atom. The molecule has 2 aromatic rings. The number of guanidine groups is 1. The fourth-order valence-electron chi connectivity index (χ4n) is 3.33. The molecule has 1 N–H and O–H groups in total. The minimum Gasteiger partial charge on any atom is -0.465 e. The van der Waals surface area contributed by atoms with Gasteiger partial charge in [-0.2, -0.15) is 0 Å². The molecule has 0 unspecified atom stereocenters. The zero-order valence-electron chi connectivity index (χ0n) is 16.7. The lowest BCUT2D eigenvalue weighted by Crippen LogP contribution is -2.52. The lowest BCUT2D eigenvalue weighted by Gasteiger charge is -2.37. The SMILES string of the molecule is CN=C(NCc1cc(C(=O)OC)c(C)o1)N1CCN(c2cc(F)ccc2F)CC1. The number of nitrogens with one attached hydrogen (secondary N) is 1. The zero-order valence-corrected chi connectivity index (χ0v) is 16.7. The molecule has 0 atom stereocenters.